The minimum atomic E-state index is -2.34. The summed E-state index contributed by atoms with van der Waals surface area (Å²) in [5.74, 6) is -6.62. The van der Waals surface area contributed by atoms with E-state index in [1.807, 2.05) is 0 Å². The SMILES string of the molecule is COc1ccc(C(=O)O[C@H]2[C@@H]3CCO[C@@H](O[C@@H]4O[C@H](COC(C)=O)[C@@H](OC(C)=O)[C@H](OC(C)=O)[C@H]4OC(C)=O)[C@@H]3[C@@](O)(COC(C)=O)[C@H]2O)cc1. The lowest BCUT2D eigenvalue weighted by Crippen LogP contribution is -2.64. The van der Waals surface area contributed by atoms with Gasteiger partial charge < -0.3 is 57.6 Å². The Morgan fingerprint density at radius 2 is 1.35 bits per heavy atom. The van der Waals surface area contributed by atoms with E-state index in [2.05, 4.69) is 0 Å². The lowest BCUT2D eigenvalue weighted by molar-refractivity contribution is -0.361. The zero-order valence-corrected chi connectivity index (χ0v) is 28.8. The molecule has 3 fully saturated rings. The fourth-order valence-electron chi connectivity index (χ4n) is 6.52. The van der Waals surface area contributed by atoms with Gasteiger partial charge in [-0.05, 0) is 30.7 Å². The molecule has 18 nitrogen and oxygen atoms in total. The van der Waals surface area contributed by atoms with Crippen molar-refractivity contribution < 1.29 is 86.3 Å². The van der Waals surface area contributed by atoms with Crippen LogP contribution in [0.4, 0.5) is 0 Å². The number of hydrogen-bond acceptors (Lipinski definition) is 18. The van der Waals surface area contributed by atoms with Gasteiger partial charge in [-0.1, -0.05) is 0 Å². The maximum Gasteiger partial charge on any atom is 0.338 e. The van der Waals surface area contributed by atoms with Crippen molar-refractivity contribution in [3.63, 3.8) is 0 Å². The van der Waals surface area contributed by atoms with Crippen LogP contribution in [-0.4, -0.2) is 128 Å². The van der Waals surface area contributed by atoms with Crippen molar-refractivity contribution in [3.8, 4) is 5.75 Å². The minimum absolute atomic E-state index is 0.0654. The van der Waals surface area contributed by atoms with Crippen LogP contribution in [0.3, 0.4) is 0 Å². The molecule has 0 unspecified atom stereocenters. The molecule has 282 valence electrons. The molecule has 2 aliphatic heterocycles. The van der Waals surface area contributed by atoms with E-state index < -0.39 is 116 Å². The number of rotatable bonds is 12. The van der Waals surface area contributed by atoms with Gasteiger partial charge in [0, 0.05) is 40.5 Å². The molecule has 2 N–H and O–H groups in total. The number of aliphatic hydroxyl groups is 2. The van der Waals surface area contributed by atoms with Gasteiger partial charge in [-0.25, -0.2) is 4.79 Å². The lowest BCUT2D eigenvalue weighted by atomic mass is 9.82. The number of carbonyl (C=O) groups is 6. The van der Waals surface area contributed by atoms with E-state index in [4.69, 9.17) is 47.4 Å². The first-order chi connectivity index (χ1) is 24.0. The number of benzene rings is 1. The first-order valence-corrected chi connectivity index (χ1v) is 16.0. The number of esters is 6. The molecule has 0 bridgehead atoms. The van der Waals surface area contributed by atoms with Crippen molar-refractivity contribution in [1.82, 2.24) is 0 Å². The number of hydrogen-bond donors (Lipinski definition) is 2. The highest BCUT2D eigenvalue weighted by Crippen LogP contribution is 2.50. The second-order valence-electron chi connectivity index (χ2n) is 12.2. The Kier molecular flexibility index (Phi) is 13.0. The highest BCUT2D eigenvalue weighted by atomic mass is 16.8. The summed E-state index contributed by atoms with van der Waals surface area (Å²) in [5.41, 5.74) is -2.22. The molecule has 11 atom stereocenters. The summed E-state index contributed by atoms with van der Waals surface area (Å²) in [6, 6.07) is 5.97. The highest BCUT2D eigenvalue weighted by molar-refractivity contribution is 5.89. The van der Waals surface area contributed by atoms with Crippen LogP contribution in [0.1, 0.15) is 51.4 Å². The highest BCUT2D eigenvalue weighted by Gasteiger charge is 2.66. The largest absolute Gasteiger partial charge is 0.497 e. The smallest absolute Gasteiger partial charge is 0.338 e. The predicted octanol–water partition coefficient (Wildman–Crippen LogP) is -0.0322. The van der Waals surface area contributed by atoms with E-state index in [1.54, 1.807) is 0 Å². The lowest BCUT2D eigenvalue weighted by Gasteiger charge is -2.47. The molecule has 2 heterocycles. The molecule has 1 aromatic carbocycles. The minimum Gasteiger partial charge on any atom is -0.497 e. The van der Waals surface area contributed by atoms with E-state index >= 15 is 0 Å². The van der Waals surface area contributed by atoms with E-state index in [0.717, 1.165) is 34.6 Å². The first-order valence-electron chi connectivity index (χ1n) is 16.0. The van der Waals surface area contributed by atoms with Crippen molar-refractivity contribution >= 4 is 35.8 Å². The van der Waals surface area contributed by atoms with Crippen molar-refractivity contribution in [1.29, 1.82) is 0 Å². The van der Waals surface area contributed by atoms with Crippen LogP contribution >= 0.6 is 0 Å². The summed E-state index contributed by atoms with van der Waals surface area (Å²) in [6.07, 6.45) is -12.4. The molecule has 0 spiro atoms. The quantitative estimate of drug-likeness (QED) is 0.212. The molecule has 4 rings (SSSR count). The molecule has 51 heavy (non-hydrogen) atoms. The third-order valence-corrected chi connectivity index (χ3v) is 8.60. The van der Waals surface area contributed by atoms with Gasteiger partial charge in [0.05, 0.1) is 25.2 Å². The van der Waals surface area contributed by atoms with Crippen molar-refractivity contribution in [2.24, 2.45) is 11.8 Å². The number of methoxy groups -OCH3 is 1. The van der Waals surface area contributed by atoms with Gasteiger partial charge in [-0.3, -0.25) is 24.0 Å². The standard InChI is InChI=1S/C33H42O18/c1-15(34)44-13-23-26(46-17(3)36)27(47-18(4)37)28(48-19(5)38)32(49-23)51-31-24-22(11-12-43-31)25(29(39)33(24,41)14-45-16(2)35)50-30(40)20-7-9-21(42-6)10-8-20/h7-10,22-29,31-32,39,41H,11-14H2,1-6H3/t22-,23-,24-,25+,26-,27+,28-,29+,31+,32+,33+/m1/s1. The number of fused-ring (bicyclic) bond motifs is 1. The normalized spacial score (nSPS) is 32.8. The van der Waals surface area contributed by atoms with E-state index in [-0.39, 0.29) is 18.6 Å². The molecule has 1 saturated carbocycles. The van der Waals surface area contributed by atoms with Crippen molar-refractivity contribution in [2.75, 3.05) is 26.9 Å². The second kappa shape index (κ2) is 16.8. The predicted molar refractivity (Wildman–Crippen MR) is 164 cm³/mol. The Labute approximate surface area is 292 Å². The van der Waals surface area contributed by atoms with Crippen LogP contribution in [0.25, 0.3) is 0 Å². The van der Waals surface area contributed by atoms with Crippen LogP contribution in [0.2, 0.25) is 0 Å². The molecular weight excluding hydrogens is 684 g/mol. The zero-order chi connectivity index (χ0) is 37.6. The molecule has 0 radical (unpaired) electrons. The number of carbonyl (C=O) groups excluding carboxylic acids is 6. The monoisotopic (exact) mass is 726 g/mol. The summed E-state index contributed by atoms with van der Waals surface area (Å²) in [4.78, 5) is 73.5. The number of ether oxygens (including phenoxy) is 10. The third-order valence-electron chi connectivity index (χ3n) is 8.60. The topological polar surface area (TPSA) is 235 Å². The molecule has 1 aromatic rings. The van der Waals surface area contributed by atoms with Crippen LogP contribution < -0.4 is 4.74 Å². The summed E-state index contributed by atoms with van der Waals surface area (Å²) < 4.78 is 55.6. The van der Waals surface area contributed by atoms with Crippen LogP contribution in [-0.2, 0) is 66.6 Å². The fraction of sp³-hybridized carbons (Fsp3) is 0.636. The maximum absolute atomic E-state index is 13.2. The van der Waals surface area contributed by atoms with E-state index in [0.29, 0.717) is 5.75 Å². The van der Waals surface area contributed by atoms with Gasteiger partial charge in [0.15, 0.2) is 24.6 Å². The Morgan fingerprint density at radius 1 is 0.765 bits per heavy atom. The van der Waals surface area contributed by atoms with Crippen LogP contribution in [0.15, 0.2) is 24.3 Å². The zero-order valence-electron chi connectivity index (χ0n) is 28.8. The first kappa shape index (κ1) is 39.4. The molecule has 1 aliphatic carbocycles. The summed E-state index contributed by atoms with van der Waals surface area (Å²) in [7, 11) is 1.46. The molecule has 0 aromatic heterocycles. The van der Waals surface area contributed by atoms with E-state index in [1.165, 1.54) is 31.4 Å². The Balaban J connectivity index is 1.71. The second-order valence-corrected chi connectivity index (χ2v) is 12.2. The molecule has 18 heteroatoms. The van der Waals surface area contributed by atoms with Gasteiger partial charge in [0.1, 0.15) is 42.9 Å². The molecule has 2 saturated heterocycles. The summed E-state index contributed by atoms with van der Waals surface area (Å²) >= 11 is 0. The Morgan fingerprint density at radius 3 is 1.92 bits per heavy atom. The summed E-state index contributed by atoms with van der Waals surface area (Å²) in [6.45, 7) is 4.01. The van der Waals surface area contributed by atoms with Gasteiger partial charge in [-0.2, -0.15) is 0 Å². The van der Waals surface area contributed by atoms with Crippen LogP contribution in [0, 0.1) is 11.8 Å². The fourth-order valence-corrected chi connectivity index (χ4v) is 6.52. The average molecular weight is 727 g/mol. The Hall–Kier alpha value is -4.36. The van der Waals surface area contributed by atoms with Gasteiger partial charge in [0.25, 0.3) is 0 Å². The average Bonchev–Trinajstić information content (AvgIpc) is 3.27. The molecule has 3 aliphatic rings. The van der Waals surface area contributed by atoms with E-state index in [9.17, 15) is 39.0 Å². The number of aliphatic hydroxyl groups excluding tert-OH is 1. The van der Waals surface area contributed by atoms with Crippen molar-refractivity contribution in [2.45, 2.75) is 95.8 Å². The summed E-state index contributed by atoms with van der Waals surface area (Å²) in [5, 5.41) is 23.6. The van der Waals surface area contributed by atoms with Gasteiger partial charge in [0.2, 0.25) is 6.29 Å². The molecular formula is C33H42O18. The molecule has 0 amide bonds. The maximum atomic E-state index is 13.2. The van der Waals surface area contributed by atoms with Crippen molar-refractivity contribution in [3.05, 3.63) is 29.8 Å². The third kappa shape index (κ3) is 9.31. The Bertz CT molecular complexity index is 1450. The van der Waals surface area contributed by atoms with Gasteiger partial charge >= 0.3 is 35.8 Å². The van der Waals surface area contributed by atoms with Gasteiger partial charge in [-0.15, -0.1) is 0 Å². The van der Waals surface area contributed by atoms with Crippen LogP contribution in [0.5, 0.6) is 5.75 Å².